The van der Waals surface area contributed by atoms with E-state index >= 15 is 0 Å². The molecule has 9 heteroatoms. The molecule has 0 saturated heterocycles. The highest BCUT2D eigenvalue weighted by molar-refractivity contribution is 6.32. The molecule has 0 bridgehead atoms. The standard InChI is InChI=1S/C7H3ClF2N2O4/c8-5-4(12(15)16)3(7(13)14)2(1-11-5)6(9)10/h1,6H,(H,13,14). The number of aromatic carboxylic acids is 1. The number of carbonyl (C=O) groups is 1. The van der Waals surface area contributed by atoms with E-state index in [1.807, 2.05) is 0 Å². The maximum absolute atomic E-state index is 12.4. The van der Waals surface area contributed by atoms with Crippen LogP contribution in [0.4, 0.5) is 14.5 Å². The Morgan fingerprint density at radius 3 is 2.56 bits per heavy atom. The summed E-state index contributed by atoms with van der Waals surface area (Å²) in [6.45, 7) is 0. The van der Waals surface area contributed by atoms with Gasteiger partial charge < -0.3 is 5.11 Å². The van der Waals surface area contributed by atoms with Crippen LogP contribution < -0.4 is 0 Å². The second-order valence-electron chi connectivity index (χ2n) is 2.59. The molecule has 1 aromatic heterocycles. The lowest BCUT2D eigenvalue weighted by Crippen LogP contribution is -2.09. The van der Waals surface area contributed by atoms with E-state index in [-0.39, 0.29) is 0 Å². The number of alkyl halides is 2. The molecule has 0 aliphatic rings. The van der Waals surface area contributed by atoms with Crippen LogP contribution in [0.15, 0.2) is 6.20 Å². The van der Waals surface area contributed by atoms with Gasteiger partial charge in [0, 0.05) is 6.20 Å². The highest BCUT2D eigenvalue weighted by Crippen LogP contribution is 2.33. The molecule has 1 aromatic rings. The van der Waals surface area contributed by atoms with Crippen molar-refractivity contribution in [2.45, 2.75) is 6.43 Å². The Balaban J connectivity index is 3.63. The van der Waals surface area contributed by atoms with Crippen molar-refractivity contribution in [2.24, 2.45) is 0 Å². The zero-order valence-electron chi connectivity index (χ0n) is 7.35. The summed E-state index contributed by atoms with van der Waals surface area (Å²) < 4.78 is 24.8. The monoisotopic (exact) mass is 252 g/mol. The number of rotatable bonds is 3. The molecule has 0 aliphatic heterocycles. The average Bonchev–Trinajstić information content (AvgIpc) is 2.15. The third-order valence-electron chi connectivity index (χ3n) is 1.67. The smallest absolute Gasteiger partial charge is 0.343 e. The van der Waals surface area contributed by atoms with Crippen LogP contribution in [0.2, 0.25) is 5.15 Å². The van der Waals surface area contributed by atoms with Crippen LogP contribution in [-0.4, -0.2) is 21.0 Å². The van der Waals surface area contributed by atoms with E-state index in [2.05, 4.69) is 4.98 Å². The largest absolute Gasteiger partial charge is 0.477 e. The van der Waals surface area contributed by atoms with Crippen molar-refractivity contribution in [3.8, 4) is 0 Å². The molecule has 0 radical (unpaired) electrons. The summed E-state index contributed by atoms with van der Waals surface area (Å²) in [6, 6.07) is 0. The second kappa shape index (κ2) is 4.35. The Morgan fingerprint density at radius 1 is 1.62 bits per heavy atom. The number of halogens is 3. The summed E-state index contributed by atoms with van der Waals surface area (Å²) in [6.07, 6.45) is -2.68. The molecule has 0 fully saturated rings. The van der Waals surface area contributed by atoms with Crippen LogP contribution in [0.5, 0.6) is 0 Å². The number of carboxylic acids is 1. The fourth-order valence-electron chi connectivity index (χ4n) is 1.05. The van der Waals surface area contributed by atoms with E-state index in [9.17, 15) is 23.7 Å². The molecule has 0 amide bonds. The van der Waals surface area contributed by atoms with Crippen LogP contribution in [0.3, 0.4) is 0 Å². The molecule has 16 heavy (non-hydrogen) atoms. The highest BCUT2D eigenvalue weighted by atomic mass is 35.5. The molecule has 0 unspecified atom stereocenters. The fourth-order valence-corrected chi connectivity index (χ4v) is 1.26. The van der Waals surface area contributed by atoms with Crippen LogP contribution in [0, 0.1) is 10.1 Å². The van der Waals surface area contributed by atoms with Gasteiger partial charge in [0.05, 0.1) is 10.5 Å². The molecular weight excluding hydrogens is 250 g/mol. The lowest BCUT2D eigenvalue weighted by atomic mass is 10.1. The molecule has 86 valence electrons. The molecule has 1 heterocycles. The topological polar surface area (TPSA) is 93.3 Å². The van der Waals surface area contributed by atoms with Crippen molar-refractivity contribution < 1.29 is 23.6 Å². The van der Waals surface area contributed by atoms with E-state index in [1.54, 1.807) is 0 Å². The predicted octanol–water partition coefficient (Wildman–Crippen LogP) is 2.28. The molecule has 0 saturated carbocycles. The minimum absolute atomic E-state index is 0.503. The zero-order valence-corrected chi connectivity index (χ0v) is 8.11. The third-order valence-corrected chi connectivity index (χ3v) is 1.95. The summed E-state index contributed by atoms with van der Waals surface area (Å²) in [5.41, 5.74) is -3.31. The molecular formula is C7H3ClF2N2O4. The van der Waals surface area contributed by atoms with Crippen molar-refractivity contribution in [2.75, 3.05) is 0 Å². The molecule has 0 atom stereocenters. The minimum Gasteiger partial charge on any atom is -0.477 e. The Kier molecular flexibility index (Phi) is 3.33. The second-order valence-corrected chi connectivity index (χ2v) is 2.95. The first-order valence-electron chi connectivity index (χ1n) is 3.70. The van der Waals surface area contributed by atoms with Crippen LogP contribution in [0.25, 0.3) is 0 Å². The number of pyridine rings is 1. The van der Waals surface area contributed by atoms with Crippen LogP contribution in [0.1, 0.15) is 22.3 Å². The molecule has 0 aliphatic carbocycles. The van der Waals surface area contributed by atoms with Gasteiger partial charge in [-0.05, 0) is 0 Å². The Labute approximate surface area is 91.6 Å². The molecule has 0 aromatic carbocycles. The van der Waals surface area contributed by atoms with Gasteiger partial charge in [-0.15, -0.1) is 0 Å². The maximum Gasteiger partial charge on any atom is 0.343 e. The van der Waals surface area contributed by atoms with E-state index in [0.29, 0.717) is 6.20 Å². The van der Waals surface area contributed by atoms with Crippen molar-refractivity contribution in [3.63, 3.8) is 0 Å². The van der Waals surface area contributed by atoms with Gasteiger partial charge in [-0.3, -0.25) is 10.1 Å². The summed E-state index contributed by atoms with van der Waals surface area (Å²) >= 11 is 5.28. The zero-order chi connectivity index (χ0) is 12.5. The highest BCUT2D eigenvalue weighted by Gasteiger charge is 2.31. The first-order chi connectivity index (χ1) is 7.36. The molecule has 1 N–H and O–H groups in total. The molecule has 6 nitrogen and oxygen atoms in total. The fraction of sp³-hybridized carbons (Fsp3) is 0.143. The average molecular weight is 253 g/mol. The van der Waals surface area contributed by atoms with Gasteiger partial charge in [-0.2, -0.15) is 0 Å². The van der Waals surface area contributed by atoms with Crippen molar-refractivity contribution in [3.05, 3.63) is 32.6 Å². The SMILES string of the molecule is O=C(O)c1c(C(F)F)cnc(Cl)c1[N+](=O)[O-]. The quantitative estimate of drug-likeness (QED) is 0.506. The van der Waals surface area contributed by atoms with Gasteiger partial charge in [-0.25, -0.2) is 18.6 Å². The Hall–Kier alpha value is -1.83. The summed E-state index contributed by atoms with van der Waals surface area (Å²) in [5.74, 6) is -1.86. The first-order valence-corrected chi connectivity index (χ1v) is 4.08. The normalized spacial score (nSPS) is 10.5. The van der Waals surface area contributed by atoms with Gasteiger partial charge in [0.15, 0.2) is 5.56 Å². The number of hydrogen-bond donors (Lipinski definition) is 1. The van der Waals surface area contributed by atoms with Crippen LogP contribution >= 0.6 is 11.6 Å². The molecule has 0 spiro atoms. The number of carboxylic acid groups (broad SMARTS) is 1. The molecule has 1 rings (SSSR count). The van der Waals surface area contributed by atoms with Crippen molar-refractivity contribution >= 4 is 23.3 Å². The van der Waals surface area contributed by atoms with Gasteiger partial charge in [0.1, 0.15) is 0 Å². The number of aromatic nitrogens is 1. The van der Waals surface area contributed by atoms with Crippen molar-refractivity contribution in [1.29, 1.82) is 0 Å². The van der Waals surface area contributed by atoms with Gasteiger partial charge in [0.25, 0.3) is 6.43 Å². The predicted molar refractivity (Wildman–Crippen MR) is 47.8 cm³/mol. The van der Waals surface area contributed by atoms with E-state index in [0.717, 1.165) is 0 Å². The summed E-state index contributed by atoms with van der Waals surface area (Å²) in [7, 11) is 0. The lowest BCUT2D eigenvalue weighted by Gasteiger charge is -2.05. The lowest BCUT2D eigenvalue weighted by molar-refractivity contribution is -0.385. The Bertz CT molecular complexity index is 466. The van der Waals surface area contributed by atoms with Crippen LogP contribution in [-0.2, 0) is 0 Å². The third kappa shape index (κ3) is 2.06. The van der Waals surface area contributed by atoms with E-state index in [1.165, 1.54) is 0 Å². The number of hydrogen-bond acceptors (Lipinski definition) is 4. The van der Waals surface area contributed by atoms with E-state index < -0.39 is 39.3 Å². The minimum atomic E-state index is -3.19. The number of nitrogens with zero attached hydrogens (tertiary/aromatic N) is 2. The van der Waals surface area contributed by atoms with Gasteiger partial charge in [-0.1, -0.05) is 11.6 Å². The van der Waals surface area contributed by atoms with E-state index in [4.69, 9.17) is 16.7 Å². The maximum atomic E-state index is 12.4. The van der Waals surface area contributed by atoms with Gasteiger partial charge in [0.2, 0.25) is 5.15 Å². The number of nitro groups is 1. The van der Waals surface area contributed by atoms with Gasteiger partial charge >= 0.3 is 11.7 Å². The summed E-state index contributed by atoms with van der Waals surface area (Å²) in [5, 5.41) is 18.4. The first kappa shape index (κ1) is 12.2. The van der Waals surface area contributed by atoms with Crippen molar-refractivity contribution in [1.82, 2.24) is 4.98 Å². The Morgan fingerprint density at radius 2 is 2.19 bits per heavy atom. The summed E-state index contributed by atoms with van der Waals surface area (Å²) in [4.78, 5) is 23.2.